The molecule has 0 saturated heterocycles. The minimum absolute atomic E-state index is 0.0185. The van der Waals surface area contributed by atoms with Gasteiger partial charge < -0.3 is 15.7 Å². The number of carbonyl (C=O) groups excluding carboxylic acids is 2. The number of nitrogens with zero attached hydrogens (tertiary/aromatic N) is 2. The van der Waals surface area contributed by atoms with Crippen LogP contribution < -0.4 is 16.2 Å². The van der Waals surface area contributed by atoms with Crippen molar-refractivity contribution in [2.75, 3.05) is 11.1 Å². The van der Waals surface area contributed by atoms with Crippen molar-refractivity contribution in [1.82, 2.24) is 14.9 Å². The maximum atomic E-state index is 13.0. The second kappa shape index (κ2) is 9.94. The number of anilines is 1. The first-order chi connectivity index (χ1) is 14.9. The second-order valence-electron chi connectivity index (χ2n) is 6.74. The van der Waals surface area contributed by atoms with Gasteiger partial charge in [-0.05, 0) is 24.6 Å². The van der Waals surface area contributed by atoms with Crippen molar-refractivity contribution in [3.8, 4) is 11.6 Å². The van der Waals surface area contributed by atoms with Crippen LogP contribution in [0, 0.1) is 0 Å². The van der Waals surface area contributed by atoms with Gasteiger partial charge in [0.15, 0.2) is 10.8 Å². The maximum Gasteiger partial charge on any atom is 0.286 e. The summed E-state index contributed by atoms with van der Waals surface area (Å²) in [6.07, 6.45) is 0. The van der Waals surface area contributed by atoms with Gasteiger partial charge in [0, 0.05) is 6.92 Å². The molecule has 2 aromatic carbocycles. The van der Waals surface area contributed by atoms with Crippen LogP contribution in [0.1, 0.15) is 25.5 Å². The van der Waals surface area contributed by atoms with Crippen LogP contribution in [0.15, 0.2) is 70.6 Å². The van der Waals surface area contributed by atoms with Crippen LogP contribution in [0.4, 0.5) is 5.69 Å². The van der Waals surface area contributed by atoms with Crippen molar-refractivity contribution in [2.24, 2.45) is 0 Å². The normalized spacial score (nSPS) is 11.5. The summed E-state index contributed by atoms with van der Waals surface area (Å²) in [6, 6.07) is 18.0. The monoisotopic (exact) mass is 438 g/mol. The van der Waals surface area contributed by atoms with E-state index < -0.39 is 17.3 Å². The Hall–Kier alpha value is -3.59. The predicted octanol–water partition coefficient (Wildman–Crippen LogP) is 2.87. The van der Waals surface area contributed by atoms with Crippen molar-refractivity contribution < 1.29 is 14.7 Å². The Kier molecular flexibility index (Phi) is 7.09. The number of aromatic nitrogens is 2. The van der Waals surface area contributed by atoms with E-state index in [-0.39, 0.29) is 28.5 Å². The molecule has 0 spiro atoms. The van der Waals surface area contributed by atoms with Gasteiger partial charge >= 0.3 is 0 Å². The summed E-state index contributed by atoms with van der Waals surface area (Å²) in [5.41, 5.74) is 0.502. The third-order valence-electron chi connectivity index (χ3n) is 4.36. The summed E-state index contributed by atoms with van der Waals surface area (Å²) < 4.78 is 1.25. The largest absolute Gasteiger partial charge is 0.492 e. The van der Waals surface area contributed by atoms with Crippen LogP contribution in [-0.2, 0) is 9.59 Å². The topological polar surface area (TPSA) is 113 Å². The highest BCUT2D eigenvalue weighted by Crippen LogP contribution is 2.25. The van der Waals surface area contributed by atoms with Crippen LogP contribution >= 0.6 is 11.8 Å². The van der Waals surface area contributed by atoms with Gasteiger partial charge in [-0.15, -0.1) is 0 Å². The molecule has 0 radical (unpaired) electrons. The van der Waals surface area contributed by atoms with E-state index in [2.05, 4.69) is 15.6 Å². The van der Waals surface area contributed by atoms with E-state index in [0.29, 0.717) is 5.69 Å². The molecule has 160 valence electrons. The zero-order valence-electron chi connectivity index (χ0n) is 17.0. The number of rotatable bonds is 7. The molecule has 1 unspecified atom stereocenters. The summed E-state index contributed by atoms with van der Waals surface area (Å²) in [7, 11) is 0. The fraction of sp³-hybridized carbons (Fsp3) is 0.182. The molecule has 0 saturated carbocycles. The van der Waals surface area contributed by atoms with E-state index >= 15 is 0 Å². The number of hydrogen-bond donors (Lipinski definition) is 3. The number of amides is 2. The molecule has 8 nitrogen and oxygen atoms in total. The molecule has 0 aliphatic carbocycles. The number of carbonyl (C=O) groups is 2. The molecule has 0 aliphatic heterocycles. The Morgan fingerprint density at radius 1 is 1.10 bits per heavy atom. The third kappa shape index (κ3) is 5.52. The minimum Gasteiger partial charge on any atom is -0.492 e. The molecule has 0 fully saturated rings. The lowest BCUT2D eigenvalue weighted by Crippen LogP contribution is -2.29. The van der Waals surface area contributed by atoms with Crippen LogP contribution in [0.3, 0.4) is 0 Å². The Labute approximate surface area is 183 Å². The van der Waals surface area contributed by atoms with Gasteiger partial charge in [0.25, 0.3) is 5.56 Å². The molecule has 9 heteroatoms. The quantitative estimate of drug-likeness (QED) is 0.386. The highest BCUT2D eigenvalue weighted by molar-refractivity contribution is 7.99. The molecule has 3 aromatic rings. The lowest BCUT2D eigenvalue weighted by atomic mass is 10.1. The van der Waals surface area contributed by atoms with Crippen molar-refractivity contribution in [3.05, 3.63) is 76.6 Å². The number of benzene rings is 2. The maximum absolute atomic E-state index is 13.0. The van der Waals surface area contributed by atoms with Crippen LogP contribution in [0.5, 0.6) is 5.88 Å². The van der Waals surface area contributed by atoms with Gasteiger partial charge in [0.1, 0.15) is 0 Å². The van der Waals surface area contributed by atoms with Gasteiger partial charge in [-0.2, -0.15) is 4.98 Å². The molecule has 3 rings (SSSR count). The van der Waals surface area contributed by atoms with E-state index in [4.69, 9.17) is 0 Å². The molecular weight excluding hydrogens is 416 g/mol. The van der Waals surface area contributed by atoms with Crippen molar-refractivity contribution >= 4 is 29.3 Å². The van der Waals surface area contributed by atoms with E-state index in [1.165, 1.54) is 11.5 Å². The van der Waals surface area contributed by atoms with E-state index in [1.807, 2.05) is 37.3 Å². The van der Waals surface area contributed by atoms with Crippen molar-refractivity contribution in [1.29, 1.82) is 0 Å². The Bertz CT molecular complexity index is 1130. The van der Waals surface area contributed by atoms with Gasteiger partial charge in [0.05, 0.1) is 17.5 Å². The molecule has 1 heterocycles. The number of nitrogens with one attached hydrogen (secondary N) is 2. The zero-order chi connectivity index (χ0) is 22.4. The lowest BCUT2D eigenvalue weighted by molar-refractivity contribution is -0.119. The fourth-order valence-corrected chi connectivity index (χ4v) is 3.73. The number of para-hydroxylation sites is 1. The molecule has 2 amide bonds. The average Bonchev–Trinajstić information content (AvgIpc) is 2.76. The summed E-state index contributed by atoms with van der Waals surface area (Å²) >= 11 is 1.01. The summed E-state index contributed by atoms with van der Waals surface area (Å²) in [5, 5.41) is 15.5. The number of thioether (sulfide) groups is 1. The first-order valence-electron chi connectivity index (χ1n) is 9.53. The molecule has 31 heavy (non-hydrogen) atoms. The predicted molar refractivity (Wildman–Crippen MR) is 120 cm³/mol. The summed E-state index contributed by atoms with van der Waals surface area (Å²) in [4.78, 5) is 40.9. The van der Waals surface area contributed by atoms with E-state index in [0.717, 1.165) is 17.3 Å². The molecule has 1 aromatic heterocycles. The molecule has 3 N–H and O–H groups in total. The SMILES string of the molecule is CC(=O)Nc1c(O)nc(SCC(=O)NC(C)c2ccccc2)n(-c2ccccc2)c1=O. The second-order valence-corrected chi connectivity index (χ2v) is 7.68. The fourth-order valence-electron chi connectivity index (χ4n) is 2.92. The number of hydrogen-bond acceptors (Lipinski definition) is 6. The van der Waals surface area contributed by atoms with E-state index in [1.54, 1.807) is 30.3 Å². The Morgan fingerprint density at radius 3 is 2.32 bits per heavy atom. The highest BCUT2D eigenvalue weighted by Gasteiger charge is 2.20. The first kappa shape index (κ1) is 22.1. The molecular formula is C22H22N4O4S. The third-order valence-corrected chi connectivity index (χ3v) is 5.30. The zero-order valence-corrected chi connectivity index (χ0v) is 17.8. The lowest BCUT2D eigenvalue weighted by Gasteiger charge is -2.16. The smallest absolute Gasteiger partial charge is 0.286 e. The standard InChI is InChI=1S/C22H22N4O4S/c1-14(16-9-5-3-6-10-16)23-18(28)13-31-22-25-20(29)19(24-15(2)27)21(30)26(22)17-11-7-4-8-12-17/h3-12,14,29H,13H2,1-2H3,(H,23,28)(H,24,27). The first-order valence-corrected chi connectivity index (χ1v) is 10.5. The van der Waals surface area contributed by atoms with Gasteiger partial charge in [-0.3, -0.25) is 19.0 Å². The van der Waals surface area contributed by atoms with Crippen LogP contribution in [0.25, 0.3) is 5.69 Å². The van der Waals surface area contributed by atoms with Crippen LogP contribution in [0.2, 0.25) is 0 Å². The minimum atomic E-state index is -0.644. The molecule has 1 atom stereocenters. The summed E-state index contributed by atoms with van der Waals surface area (Å²) in [6.45, 7) is 3.11. The van der Waals surface area contributed by atoms with Crippen LogP contribution in [-0.4, -0.2) is 32.2 Å². The van der Waals surface area contributed by atoms with Crippen molar-refractivity contribution in [3.63, 3.8) is 0 Å². The average molecular weight is 439 g/mol. The Morgan fingerprint density at radius 2 is 1.71 bits per heavy atom. The Balaban J connectivity index is 1.85. The van der Waals surface area contributed by atoms with Crippen molar-refractivity contribution in [2.45, 2.75) is 25.0 Å². The molecule has 0 bridgehead atoms. The van der Waals surface area contributed by atoms with Gasteiger partial charge in [-0.25, -0.2) is 0 Å². The molecule has 0 aliphatic rings. The van der Waals surface area contributed by atoms with Gasteiger partial charge in [0.2, 0.25) is 17.7 Å². The van der Waals surface area contributed by atoms with E-state index in [9.17, 15) is 19.5 Å². The summed E-state index contributed by atoms with van der Waals surface area (Å²) in [5.74, 6) is -1.38. The number of aromatic hydroxyl groups is 1. The highest BCUT2D eigenvalue weighted by atomic mass is 32.2. The van der Waals surface area contributed by atoms with Gasteiger partial charge in [-0.1, -0.05) is 60.3 Å².